The molecule has 0 spiro atoms. The van der Waals surface area contributed by atoms with E-state index in [-0.39, 0.29) is 5.97 Å². The van der Waals surface area contributed by atoms with Gasteiger partial charge in [0.15, 0.2) is 0 Å². The molecule has 3 rings (SSSR count). The molecule has 0 amide bonds. The number of anilines is 1. The molecule has 2 unspecified atom stereocenters. The quantitative estimate of drug-likeness (QED) is 0.781. The van der Waals surface area contributed by atoms with Gasteiger partial charge < -0.3 is 14.4 Å². The number of pyridine rings is 1. The van der Waals surface area contributed by atoms with Crippen LogP contribution in [0, 0.1) is 12.8 Å². The summed E-state index contributed by atoms with van der Waals surface area (Å²) in [7, 11) is 1.39. The Morgan fingerprint density at radius 3 is 3.05 bits per heavy atom. The van der Waals surface area contributed by atoms with E-state index in [9.17, 15) is 4.79 Å². The normalized spacial score (nSPS) is 25.3. The predicted molar refractivity (Wildman–Crippen MR) is 79.6 cm³/mol. The van der Waals surface area contributed by atoms with E-state index in [1.165, 1.54) is 13.5 Å². The zero-order chi connectivity index (χ0) is 14.8. The third kappa shape index (κ3) is 2.88. The minimum atomic E-state index is -0.328. The predicted octanol–water partition coefficient (Wildman–Crippen LogP) is 2.18. The SMILES string of the molecule is COC(=O)c1ccc(N2CCC3OCCCC3C2)nc1C. The molecule has 21 heavy (non-hydrogen) atoms. The van der Waals surface area contributed by atoms with E-state index in [0.29, 0.717) is 17.6 Å². The fourth-order valence-electron chi connectivity index (χ4n) is 3.35. The van der Waals surface area contributed by atoms with Gasteiger partial charge in [-0.15, -0.1) is 0 Å². The number of rotatable bonds is 2. The molecule has 2 saturated heterocycles. The summed E-state index contributed by atoms with van der Waals surface area (Å²) < 4.78 is 10.6. The summed E-state index contributed by atoms with van der Waals surface area (Å²) in [5, 5.41) is 0. The van der Waals surface area contributed by atoms with Gasteiger partial charge in [-0.3, -0.25) is 0 Å². The molecule has 0 saturated carbocycles. The molecule has 1 aromatic rings. The highest BCUT2D eigenvalue weighted by Crippen LogP contribution is 2.30. The van der Waals surface area contributed by atoms with Gasteiger partial charge in [-0.1, -0.05) is 0 Å². The average molecular weight is 290 g/mol. The van der Waals surface area contributed by atoms with Crippen LogP contribution in [0.2, 0.25) is 0 Å². The summed E-state index contributed by atoms with van der Waals surface area (Å²) in [6.45, 7) is 4.72. The number of hydrogen-bond acceptors (Lipinski definition) is 5. The second kappa shape index (κ2) is 6.02. The zero-order valence-electron chi connectivity index (χ0n) is 12.7. The van der Waals surface area contributed by atoms with Crippen LogP contribution in [-0.4, -0.2) is 43.9 Å². The van der Waals surface area contributed by atoms with Crippen LogP contribution >= 0.6 is 0 Å². The zero-order valence-corrected chi connectivity index (χ0v) is 12.7. The highest BCUT2D eigenvalue weighted by atomic mass is 16.5. The number of methoxy groups -OCH3 is 1. The van der Waals surface area contributed by atoms with Crippen molar-refractivity contribution in [2.75, 3.05) is 31.7 Å². The van der Waals surface area contributed by atoms with Crippen molar-refractivity contribution in [3.05, 3.63) is 23.4 Å². The van der Waals surface area contributed by atoms with Crippen molar-refractivity contribution in [2.24, 2.45) is 5.92 Å². The number of piperidine rings is 1. The van der Waals surface area contributed by atoms with Gasteiger partial charge in [0.1, 0.15) is 5.82 Å². The molecule has 3 heterocycles. The van der Waals surface area contributed by atoms with Crippen LogP contribution in [0.15, 0.2) is 12.1 Å². The first-order chi connectivity index (χ1) is 10.2. The van der Waals surface area contributed by atoms with E-state index in [2.05, 4.69) is 9.88 Å². The third-order valence-corrected chi connectivity index (χ3v) is 4.52. The molecule has 2 aliphatic heterocycles. The Hall–Kier alpha value is -1.62. The standard InChI is InChI=1S/C16H22N2O3/c1-11-13(16(19)20-2)5-6-15(17-11)18-8-7-14-12(10-18)4-3-9-21-14/h5-6,12,14H,3-4,7-10H2,1-2H3. The molecular weight excluding hydrogens is 268 g/mol. The number of ether oxygens (including phenoxy) is 2. The number of hydrogen-bond donors (Lipinski definition) is 0. The summed E-state index contributed by atoms with van der Waals surface area (Å²) in [5.41, 5.74) is 1.26. The van der Waals surface area contributed by atoms with Gasteiger partial charge in [0, 0.05) is 25.6 Å². The van der Waals surface area contributed by atoms with E-state index < -0.39 is 0 Å². The van der Waals surface area contributed by atoms with E-state index in [1.54, 1.807) is 0 Å². The van der Waals surface area contributed by atoms with E-state index in [0.717, 1.165) is 44.0 Å². The van der Waals surface area contributed by atoms with Gasteiger partial charge in [-0.05, 0) is 38.3 Å². The van der Waals surface area contributed by atoms with Crippen molar-refractivity contribution in [3.8, 4) is 0 Å². The second-order valence-electron chi connectivity index (χ2n) is 5.84. The number of carbonyl (C=O) groups excluding carboxylic acids is 1. The van der Waals surface area contributed by atoms with Crippen molar-refractivity contribution in [3.63, 3.8) is 0 Å². The third-order valence-electron chi connectivity index (χ3n) is 4.52. The summed E-state index contributed by atoms with van der Waals surface area (Å²) in [4.78, 5) is 18.5. The molecule has 0 bridgehead atoms. The largest absolute Gasteiger partial charge is 0.465 e. The van der Waals surface area contributed by atoms with E-state index >= 15 is 0 Å². The smallest absolute Gasteiger partial charge is 0.339 e. The number of esters is 1. The molecule has 0 radical (unpaired) electrons. The van der Waals surface area contributed by atoms with Crippen LogP contribution in [0.25, 0.3) is 0 Å². The second-order valence-corrected chi connectivity index (χ2v) is 5.84. The summed E-state index contributed by atoms with van der Waals surface area (Å²) >= 11 is 0. The molecule has 0 N–H and O–H groups in total. The molecule has 1 aromatic heterocycles. The van der Waals surface area contributed by atoms with Crippen molar-refractivity contribution >= 4 is 11.8 Å². The van der Waals surface area contributed by atoms with Crippen molar-refractivity contribution in [1.82, 2.24) is 4.98 Å². The van der Waals surface area contributed by atoms with Crippen molar-refractivity contribution in [1.29, 1.82) is 0 Å². The Morgan fingerprint density at radius 1 is 1.43 bits per heavy atom. The van der Waals surface area contributed by atoms with Gasteiger partial charge in [0.05, 0.1) is 24.5 Å². The first-order valence-electron chi connectivity index (χ1n) is 7.61. The molecule has 114 valence electrons. The van der Waals surface area contributed by atoms with Crippen LogP contribution in [0.1, 0.15) is 35.3 Å². The Balaban J connectivity index is 1.75. The minimum Gasteiger partial charge on any atom is -0.465 e. The van der Waals surface area contributed by atoms with Gasteiger partial charge in [0.25, 0.3) is 0 Å². The molecule has 0 aliphatic carbocycles. The first kappa shape index (κ1) is 14.3. The summed E-state index contributed by atoms with van der Waals surface area (Å²) in [5.74, 6) is 1.23. The molecule has 2 aliphatic rings. The maximum Gasteiger partial charge on any atom is 0.339 e. The van der Waals surface area contributed by atoms with Gasteiger partial charge in [-0.2, -0.15) is 0 Å². The summed E-state index contributed by atoms with van der Waals surface area (Å²) in [6, 6.07) is 3.73. The van der Waals surface area contributed by atoms with Crippen LogP contribution in [-0.2, 0) is 9.47 Å². The Morgan fingerprint density at radius 2 is 2.29 bits per heavy atom. The lowest BCUT2D eigenvalue weighted by molar-refractivity contribution is -0.0358. The minimum absolute atomic E-state index is 0.328. The first-order valence-corrected chi connectivity index (χ1v) is 7.61. The highest BCUT2D eigenvalue weighted by molar-refractivity contribution is 5.90. The van der Waals surface area contributed by atoms with Crippen LogP contribution < -0.4 is 4.90 Å². The van der Waals surface area contributed by atoms with Crippen molar-refractivity contribution < 1.29 is 14.3 Å². The average Bonchev–Trinajstić information content (AvgIpc) is 2.53. The molecule has 0 aromatic carbocycles. The molecule has 5 heteroatoms. The van der Waals surface area contributed by atoms with E-state index in [4.69, 9.17) is 9.47 Å². The van der Waals surface area contributed by atoms with Gasteiger partial charge >= 0.3 is 5.97 Å². The lowest BCUT2D eigenvalue weighted by Gasteiger charge is -2.41. The number of aromatic nitrogens is 1. The Kier molecular flexibility index (Phi) is 4.10. The molecule has 2 atom stereocenters. The number of fused-ring (bicyclic) bond motifs is 1. The fourth-order valence-corrected chi connectivity index (χ4v) is 3.35. The number of nitrogens with zero attached hydrogens (tertiary/aromatic N) is 2. The fraction of sp³-hybridized carbons (Fsp3) is 0.625. The lowest BCUT2D eigenvalue weighted by Crippen LogP contribution is -2.46. The van der Waals surface area contributed by atoms with Gasteiger partial charge in [0.2, 0.25) is 0 Å². The Bertz CT molecular complexity index is 532. The monoisotopic (exact) mass is 290 g/mol. The molecule has 2 fully saturated rings. The summed E-state index contributed by atoms with van der Waals surface area (Å²) in [6.07, 6.45) is 3.87. The maximum atomic E-state index is 11.6. The lowest BCUT2D eigenvalue weighted by atomic mass is 9.88. The highest BCUT2D eigenvalue weighted by Gasteiger charge is 2.32. The van der Waals surface area contributed by atoms with Crippen molar-refractivity contribution in [2.45, 2.75) is 32.3 Å². The topological polar surface area (TPSA) is 51.7 Å². The van der Waals surface area contributed by atoms with Crippen LogP contribution in [0.5, 0.6) is 0 Å². The van der Waals surface area contributed by atoms with Crippen LogP contribution in [0.3, 0.4) is 0 Å². The maximum absolute atomic E-state index is 11.6. The van der Waals surface area contributed by atoms with E-state index in [1.807, 2.05) is 19.1 Å². The Labute approximate surface area is 125 Å². The molecular formula is C16H22N2O3. The van der Waals surface area contributed by atoms with Crippen LogP contribution in [0.4, 0.5) is 5.82 Å². The van der Waals surface area contributed by atoms with Gasteiger partial charge in [-0.25, -0.2) is 9.78 Å². The molecule has 5 nitrogen and oxygen atoms in total. The number of carbonyl (C=O) groups is 1. The number of aryl methyl sites for hydroxylation is 1.